The van der Waals surface area contributed by atoms with Gasteiger partial charge in [0.1, 0.15) is 22.8 Å². The fourth-order valence-electron chi connectivity index (χ4n) is 5.71. The fraction of sp³-hybridized carbons (Fsp3) is 0.400. The van der Waals surface area contributed by atoms with E-state index >= 15 is 0 Å². The van der Waals surface area contributed by atoms with Crippen LogP contribution in [0.2, 0.25) is 0 Å². The molecule has 0 saturated heterocycles. The first-order valence-electron chi connectivity index (χ1n) is 10.7. The highest BCUT2D eigenvalue weighted by Crippen LogP contribution is 2.51. The van der Waals surface area contributed by atoms with E-state index in [-0.39, 0.29) is 22.6 Å². The summed E-state index contributed by atoms with van der Waals surface area (Å²) < 4.78 is 0. The Bertz CT molecular complexity index is 1240. The van der Waals surface area contributed by atoms with Gasteiger partial charge in [0.25, 0.3) is 5.91 Å². The highest BCUT2D eigenvalue weighted by Gasteiger charge is 2.55. The fourth-order valence-corrected chi connectivity index (χ4v) is 5.71. The lowest BCUT2D eigenvalue weighted by Gasteiger charge is -2.46. The predicted molar refractivity (Wildman–Crippen MR) is 120 cm³/mol. The Morgan fingerprint density at radius 2 is 1.85 bits per heavy atom. The maximum absolute atomic E-state index is 13.7. The molecule has 0 spiro atoms. The summed E-state index contributed by atoms with van der Waals surface area (Å²) in [5.41, 5.74) is 6.83. The average molecular weight is 450 g/mol. The number of phenols is 1. The standard InChI is InChI=1S/C25H26N2O6/c1-5-6-11-7-10(2)20(28)16-13(11)8-12-9-14-17(22(30)15(12)21(16)29)23(31)18(25(26)33)24(32)19(14)27(3)4/h7,12,14,17,19,28-29,32H,8-9H2,1-4H3,(H2,26,33)/t12?,14?,17?,19-/m0/s1. The van der Waals surface area contributed by atoms with Crippen molar-refractivity contribution in [3.63, 3.8) is 0 Å². The lowest BCUT2D eigenvalue weighted by molar-refractivity contribution is -0.136. The number of ketones is 2. The molecule has 4 atom stereocenters. The summed E-state index contributed by atoms with van der Waals surface area (Å²) in [5.74, 6) is 0.0859. The Kier molecular flexibility index (Phi) is 5.33. The van der Waals surface area contributed by atoms with Gasteiger partial charge in [-0.3, -0.25) is 19.3 Å². The molecule has 1 aromatic rings. The van der Waals surface area contributed by atoms with Gasteiger partial charge in [0.05, 0.1) is 17.5 Å². The molecule has 4 rings (SSSR count). The van der Waals surface area contributed by atoms with Gasteiger partial charge in [-0.05, 0) is 69.8 Å². The molecule has 3 unspecified atom stereocenters. The van der Waals surface area contributed by atoms with E-state index in [1.807, 2.05) is 0 Å². The molecule has 1 saturated carbocycles. The molecule has 0 aromatic heterocycles. The molecule has 3 aliphatic rings. The minimum Gasteiger partial charge on any atom is -0.510 e. The minimum absolute atomic E-state index is 0.0659. The smallest absolute Gasteiger partial charge is 0.255 e. The first-order valence-corrected chi connectivity index (χ1v) is 10.7. The van der Waals surface area contributed by atoms with Gasteiger partial charge in [0.2, 0.25) is 0 Å². The molecule has 1 fully saturated rings. The van der Waals surface area contributed by atoms with Gasteiger partial charge in [-0.15, -0.1) is 5.92 Å². The number of aryl methyl sites for hydroxylation is 1. The van der Waals surface area contributed by atoms with E-state index in [4.69, 9.17) is 5.73 Å². The molecule has 33 heavy (non-hydrogen) atoms. The molecule has 0 aliphatic heterocycles. The maximum atomic E-state index is 13.7. The molecule has 0 radical (unpaired) electrons. The van der Waals surface area contributed by atoms with Gasteiger partial charge in [0, 0.05) is 11.1 Å². The van der Waals surface area contributed by atoms with E-state index in [9.17, 15) is 29.7 Å². The Labute approximate surface area is 191 Å². The number of carbonyl (C=O) groups excluding carboxylic acids is 3. The van der Waals surface area contributed by atoms with E-state index in [1.165, 1.54) is 0 Å². The van der Waals surface area contributed by atoms with Gasteiger partial charge >= 0.3 is 0 Å². The number of allylic oxidation sites excluding steroid dienone is 1. The first kappa shape index (κ1) is 22.6. The summed E-state index contributed by atoms with van der Waals surface area (Å²) in [6, 6.07) is 0.988. The number of aliphatic hydroxyl groups is 2. The molecule has 5 N–H and O–H groups in total. The van der Waals surface area contributed by atoms with Crippen LogP contribution in [0.1, 0.15) is 35.6 Å². The van der Waals surface area contributed by atoms with E-state index < -0.39 is 52.6 Å². The average Bonchev–Trinajstić information content (AvgIpc) is 2.70. The molecule has 0 bridgehead atoms. The molecule has 1 aromatic carbocycles. The number of nitrogens with two attached hydrogens (primary N) is 1. The number of primary amides is 1. The second kappa shape index (κ2) is 7.78. The SMILES string of the molecule is CC#Cc1cc(C)c(O)c2c1CC1CC3C(C(=O)C(C(N)=O)=C(O)[C@H]3N(C)C)C(=O)C1=C2O. The number of Topliss-reactive ketones (excluding diaryl/α,β-unsaturated/α-hetero) is 2. The number of aliphatic hydroxyl groups excluding tert-OH is 2. The number of carbonyl (C=O) groups is 3. The van der Waals surface area contributed by atoms with Crippen molar-refractivity contribution in [1.82, 2.24) is 4.90 Å². The maximum Gasteiger partial charge on any atom is 0.255 e. The van der Waals surface area contributed by atoms with Crippen LogP contribution < -0.4 is 5.73 Å². The zero-order valence-electron chi connectivity index (χ0n) is 18.9. The Hall–Kier alpha value is -3.57. The van der Waals surface area contributed by atoms with E-state index in [1.54, 1.807) is 38.9 Å². The lowest BCUT2D eigenvalue weighted by atomic mass is 9.59. The monoisotopic (exact) mass is 450 g/mol. The summed E-state index contributed by atoms with van der Waals surface area (Å²) in [4.78, 5) is 40.4. The number of benzene rings is 1. The van der Waals surface area contributed by atoms with Crippen molar-refractivity contribution in [1.29, 1.82) is 0 Å². The van der Waals surface area contributed by atoms with E-state index in [2.05, 4.69) is 11.8 Å². The predicted octanol–water partition coefficient (Wildman–Crippen LogP) is 1.53. The number of rotatable bonds is 2. The number of hydrogen-bond donors (Lipinski definition) is 4. The number of nitrogens with zero attached hydrogens (tertiary/aromatic N) is 1. The molecule has 1 amide bonds. The summed E-state index contributed by atoms with van der Waals surface area (Å²) in [7, 11) is 3.37. The van der Waals surface area contributed by atoms with E-state index in [0.29, 0.717) is 29.5 Å². The van der Waals surface area contributed by atoms with Crippen LogP contribution in [-0.2, 0) is 20.8 Å². The summed E-state index contributed by atoms with van der Waals surface area (Å²) in [5, 5.41) is 32.6. The van der Waals surface area contributed by atoms with Crippen molar-refractivity contribution >= 4 is 23.2 Å². The molecular weight excluding hydrogens is 424 g/mol. The molecular formula is C25H26N2O6. The van der Waals surface area contributed by atoms with Gasteiger partial charge in [-0.25, -0.2) is 0 Å². The second-order valence-electron chi connectivity index (χ2n) is 9.12. The van der Waals surface area contributed by atoms with Crippen LogP contribution in [0.25, 0.3) is 5.76 Å². The van der Waals surface area contributed by atoms with Crippen LogP contribution in [0.5, 0.6) is 5.75 Å². The Balaban J connectivity index is 1.94. The number of likely N-dealkylation sites (N-methyl/N-ethyl adjacent to an activating group) is 1. The zero-order valence-corrected chi connectivity index (χ0v) is 18.9. The summed E-state index contributed by atoms with van der Waals surface area (Å²) >= 11 is 0. The van der Waals surface area contributed by atoms with Crippen molar-refractivity contribution in [2.75, 3.05) is 14.1 Å². The van der Waals surface area contributed by atoms with Gasteiger partial charge in [-0.2, -0.15) is 0 Å². The van der Waals surface area contributed by atoms with Crippen LogP contribution in [-0.4, -0.2) is 57.8 Å². The van der Waals surface area contributed by atoms with Crippen molar-refractivity contribution in [2.24, 2.45) is 23.5 Å². The van der Waals surface area contributed by atoms with Gasteiger partial charge < -0.3 is 21.1 Å². The van der Waals surface area contributed by atoms with Gasteiger partial charge in [0.15, 0.2) is 11.6 Å². The number of aromatic hydroxyl groups is 1. The molecule has 8 nitrogen and oxygen atoms in total. The van der Waals surface area contributed by atoms with Crippen LogP contribution in [0.3, 0.4) is 0 Å². The highest BCUT2D eigenvalue weighted by molar-refractivity contribution is 6.28. The third kappa shape index (κ3) is 3.15. The van der Waals surface area contributed by atoms with Crippen molar-refractivity contribution < 1.29 is 29.7 Å². The summed E-state index contributed by atoms with van der Waals surface area (Å²) in [6.07, 6.45) is 0.649. The van der Waals surface area contributed by atoms with Crippen LogP contribution in [0.15, 0.2) is 23.0 Å². The molecule has 8 heteroatoms. The van der Waals surface area contributed by atoms with Crippen LogP contribution >= 0.6 is 0 Å². The topological polar surface area (TPSA) is 141 Å². The van der Waals surface area contributed by atoms with Crippen molar-refractivity contribution in [2.45, 2.75) is 32.7 Å². The number of hydrogen-bond acceptors (Lipinski definition) is 7. The van der Waals surface area contributed by atoms with E-state index in [0.717, 1.165) is 0 Å². The third-order valence-corrected chi connectivity index (χ3v) is 7.01. The van der Waals surface area contributed by atoms with Crippen LogP contribution in [0, 0.1) is 36.5 Å². The largest absolute Gasteiger partial charge is 0.510 e. The number of phenolic OH excluding ortho intramolecular Hbond substituents is 1. The number of amides is 1. The Morgan fingerprint density at radius 3 is 2.42 bits per heavy atom. The normalized spacial score (nSPS) is 26.5. The summed E-state index contributed by atoms with van der Waals surface area (Å²) in [6.45, 7) is 3.37. The Morgan fingerprint density at radius 1 is 1.18 bits per heavy atom. The highest BCUT2D eigenvalue weighted by atomic mass is 16.3. The van der Waals surface area contributed by atoms with Crippen molar-refractivity contribution in [3.8, 4) is 17.6 Å². The zero-order chi connectivity index (χ0) is 24.4. The lowest BCUT2D eigenvalue weighted by Crippen LogP contribution is -2.55. The quantitative estimate of drug-likeness (QED) is 0.304. The van der Waals surface area contributed by atoms with Gasteiger partial charge in [-0.1, -0.05) is 5.92 Å². The third-order valence-electron chi connectivity index (χ3n) is 7.01. The van der Waals surface area contributed by atoms with Crippen molar-refractivity contribution in [3.05, 3.63) is 45.2 Å². The second-order valence-corrected chi connectivity index (χ2v) is 9.12. The molecule has 3 aliphatic carbocycles. The molecule has 172 valence electrons. The number of fused-ring (bicyclic) bond motifs is 3. The van der Waals surface area contributed by atoms with Crippen LogP contribution in [0.4, 0.5) is 0 Å². The molecule has 0 heterocycles. The minimum atomic E-state index is -1.26. The first-order chi connectivity index (χ1) is 15.5.